The van der Waals surface area contributed by atoms with E-state index in [1.165, 1.54) is 11.8 Å². The van der Waals surface area contributed by atoms with Gasteiger partial charge in [0.1, 0.15) is 5.41 Å². The summed E-state index contributed by atoms with van der Waals surface area (Å²) in [5.41, 5.74) is 4.87. The molecule has 0 aliphatic carbocycles. The van der Waals surface area contributed by atoms with Gasteiger partial charge in [0.25, 0.3) is 0 Å². The molecule has 3 N–H and O–H groups in total. The normalized spacial score (nSPS) is 21.1. The summed E-state index contributed by atoms with van der Waals surface area (Å²) in [4.78, 5) is 23.8. The summed E-state index contributed by atoms with van der Waals surface area (Å²) in [6.07, 6.45) is 0.252. The van der Waals surface area contributed by atoms with Gasteiger partial charge >= 0.3 is 5.97 Å². The van der Waals surface area contributed by atoms with Crippen LogP contribution in [0.3, 0.4) is 0 Å². The van der Waals surface area contributed by atoms with Crippen molar-refractivity contribution in [2.24, 2.45) is 11.1 Å². The number of thioether (sulfide) groups is 1. The van der Waals surface area contributed by atoms with Gasteiger partial charge in [0.2, 0.25) is 5.91 Å². The summed E-state index contributed by atoms with van der Waals surface area (Å²) in [5, 5.41) is 9.20. The third-order valence-corrected chi connectivity index (χ3v) is 4.72. The maximum Gasteiger partial charge on any atom is 0.318 e. The summed E-state index contributed by atoms with van der Waals surface area (Å²) in [6, 6.07) is 7.89. The topological polar surface area (TPSA) is 80.4 Å². The van der Waals surface area contributed by atoms with E-state index in [1.54, 1.807) is 11.8 Å². The van der Waals surface area contributed by atoms with Crippen LogP contribution in [0.1, 0.15) is 24.8 Å². The van der Waals surface area contributed by atoms with Crippen LogP contribution in [0.5, 0.6) is 0 Å². The molecule has 5 heteroatoms. The van der Waals surface area contributed by atoms with E-state index >= 15 is 0 Å². The highest BCUT2D eigenvalue weighted by molar-refractivity contribution is 7.99. The molecule has 4 nitrogen and oxygen atoms in total. The number of benzene rings is 1. The van der Waals surface area contributed by atoms with E-state index < -0.39 is 17.3 Å². The standard InChI is InChI=1S/C13H15NO3S/c1-13(11(14)15,12(16)17)6-8-7-18-10-5-3-2-4-9(8)10/h2-5,8H,6-7H2,1H3,(H2,14,15)(H,16,17). The number of carbonyl (C=O) groups excluding carboxylic acids is 1. The van der Waals surface area contributed by atoms with Crippen LogP contribution in [0, 0.1) is 5.41 Å². The molecule has 1 aromatic carbocycles. The highest BCUT2D eigenvalue weighted by Crippen LogP contribution is 2.44. The van der Waals surface area contributed by atoms with Gasteiger partial charge in [-0.05, 0) is 30.9 Å². The number of hydrogen-bond donors (Lipinski definition) is 2. The Hall–Kier alpha value is -1.49. The summed E-state index contributed by atoms with van der Waals surface area (Å²) in [5.74, 6) is -1.05. The minimum atomic E-state index is -1.50. The van der Waals surface area contributed by atoms with Gasteiger partial charge < -0.3 is 10.8 Å². The highest BCUT2D eigenvalue weighted by atomic mass is 32.2. The van der Waals surface area contributed by atoms with E-state index in [1.807, 2.05) is 24.3 Å². The zero-order chi connectivity index (χ0) is 13.3. The van der Waals surface area contributed by atoms with Gasteiger partial charge in [-0.2, -0.15) is 0 Å². The van der Waals surface area contributed by atoms with Gasteiger partial charge in [0.15, 0.2) is 0 Å². The van der Waals surface area contributed by atoms with Gasteiger partial charge in [-0.15, -0.1) is 11.8 Å². The van der Waals surface area contributed by atoms with Gasteiger partial charge in [-0.3, -0.25) is 9.59 Å². The largest absolute Gasteiger partial charge is 0.480 e. The Labute approximate surface area is 110 Å². The Morgan fingerprint density at radius 3 is 2.78 bits per heavy atom. The van der Waals surface area contributed by atoms with Crippen LogP contribution in [0.2, 0.25) is 0 Å². The number of nitrogens with two attached hydrogens (primary N) is 1. The fourth-order valence-electron chi connectivity index (χ4n) is 2.18. The average Bonchev–Trinajstić information content (AvgIpc) is 2.72. The van der Waals surface area contributed by atoms with Crippen LogP contribution in [-0.4, -0.2) is 22.7 Å². The first-order chi connectivity index (χ1) is 8.45. The Kier molecular flexibility index (Phi) is 3.34. The quantitative estimate of drug-likeness (QED) is 0.814. The first-order valence-corrected chi connectivity index (χ1v) is 6.69. The molecule has 1 aliphatic heterocycles. The van der Waals surface area contributed by atoms with Crippen molar-refractivity contribution in [2.45, 2.75) is 24.2 Å². The van der Waals surface area contributed by atoms with Crippen LogP contribution < -0.4 is 5.73 Å². The third-order valence-electron chi connectivity index (χ3n) is 3.47. The molecule has 2 atom stereocenters. The monoisotopic (exact) mass is 265 g/mol. The molecule has 0 fully saturated rings. The number of carboxylic acids is 1. The molecular weight excluding hydrogens is 250 g/mol. The molecule has 96 valence electrons. The van der Waals surface area contributed by atoms with E-state index in [-0.39, 0.29) is 12.3 Å². The number of rotatable bonds is 4. The van der Waals surface area contributed by atoms with Gasteiger partial charge in [0, 0.05) is 10.6 Å². The summed E-state index contributed by atoms with van der Waals surface area (Å²) >= 11 is 1.70. The lowest BCUT2D eigenvalue weighted by Gasteiger charge is -2.24. The van der Waals surface area contributed by atoms with Crippen molar-refractivity contribution >= 4 is 23.6 Å². The second kappa shape index (κ2) is 4.65. The second-order valence-corrected chi connectivity index (χ2v) is 5.81. The molecule has 1 aromatic rings. The Bertz CT molecular complexity index is 487. The van der Waals surface area contributed by atoms with Crippen molar-refractivity contribution in [3.63, 3.8) is 0 Å². The third kappa shape index (κ3) is 2.10. The van der Waals surface area contributed by atoms with E-state index in [9.17, 15) is 14.7 Å². The number of aliphatic carboxylic acids is 1. The number of carboxylic acid groups (broad SMARTS) is 1. The molecule has 1 heterocycles. The van der Waals surface area contributed by atoms with Crippen molar-refractivity contribution in [3.05, 3.63) is 29.8 Å². The lowest BCUT2D eigenvalue weighted by atomic mass is 9.78. The molecule has 2 unspecified atom stereocenters. The maximum atomic E-state index is 11.4. The lowest BCUT2D eigenvalue weighted by Crippen LogP contribution is -2.42. The number of carbonyl (C=O) groups is 2. The maximum absolute atomic E-state index is 11.4. The van der Waals surface area contributed by atoms with E-state index in [2.05, 4.69) is 0 Å². The number of amides is 1. The van der Waals surface area contributed by atoms with Crippen molar-refractivity contribution in [2.75, 3.05) is 5.75 Å². The fourth-order valence-corrected chi connectivity index (χ4v) is 3.44. The first kappa shape index (κ1) is 13.0. The molecule has 2 rings (SSSR count). The van der Waals surface area contributed by atoms with E-state index in [0.29, 0.717) is 0 Å². The van der Waals surface area contributed by atoms with Gasteiger partial charge in [-0.25, -0.2) is 0 Å². The minimum Gasteiger partial charge on any atom is -0.480 e. The summed E-state index contributed by atoms with van der Waals surface area (Å²) < 4.78 is 0. The lowest BCUT2D eigenvalue weighted by molar-refractivity contribution is -0.154. The van der Waals surface area contributed by atoms with Crippen molar-refractivity contribution in [1.29, 1.82) is 0 Å². The number of fused-ring (bicyclic) bond motifs is 1. The molecule has 0 radical (unpaired) electrons. The average molecular weight is 265 g/mol. The van der Waals surface area contributed by atoms with Crippen LogP contribution >= 0.6 is 11.8 Å². The van der Waals surface area contributed by atoms with E-state index in [0.717, 1.165) is 11.3 Å². The van der Waals surface area contributed by atoms with Crippen molar-refractivity contribution in [3.8, 4) is 0 Å². The molecule has 1 aliphatic rings. The zero-order valence-corrected chi connectivity index (χ0v) is 10.9. The number of hydrogen-bond acceptors (Lipinski definition) is 3. The smallest absolute Gasteiger partial charge is 0.318 e. The molecule has 0 saturated heterocycles. The predicted octanol–water partition coefficient (Wildman–Crippen LogP) is 1.84. The van der Waals surface area contributed by atoms with Crippen LogP contribution in [-0.2, 0) is 9.59 Å². The zero-order valence-electron chi connectivity index (χ0n) is 10.1. The first-order valence-electron chi connectivity index (χ1n) is 5.70. The second-order valence-electron chi connectivity index (χ2n) is 4.75. The van der Waals surface area contributed by atoms with Gasteiger partial charge in [-0.1, -0.05) is 18.2 Å². The Morgan fingerprint density at radius 2 is 2.17 bits per heavy atom. The predicted molar refractivity (Wildman–Crippen MR) is 69.5 cm³/mol. The Morgan fingerprint density at radius 1 is 1.50 bits per heavy atom. The van der Waals surface area contributed by atoms with Crippen molar-refractivity contribution < 1.29 is 14.7 Å². The fraction of sp³-hybridized carbons (Fsp3) is 0.385. The molecule has 0 bridgehead atoms. The van der Waals surface area contributed by atoms with Crippen molar-refractivity contribution in [1.82, 2.24) is 0 Å². The molecule has 18 heavy (non-hydrogen) atoms. The van der Waals surface area contributed by atoms with Gasteiger partial charge in [0.05, 0.1) is 0 Å². The van der Waals surface area contributed by atoms with E-state index in [4.69, 9.17) is 5.73 Å². The summed E-state index contributed by atoms with van der Waals surface area (Å²) in [7, 11) is 0. The highest BCUT2D eigenvalue weighted by Gasteiger charge is 2.43. The molecule has 0 aromatic heterocycles. The summed E-state index contributed by atoms with van der Waals surface area (Å²) in [6.45, 7) is 1.41. The van der Waals surface area contributed by atoms with Crippen LogP contribution in [0.4, 0.5) is 0 Å². The molecule has 1 amide bonds. The Balaban J connectivity index is 2.26. The molecule has 0 spiro atoms. The number of primary amides is 1. The van der Waals surface area contributed by atoms with Crippen LogP contribution in [0.25, 0.3) is 0 Å². The minimum absolute atomic E-state index is 0.0693. The molecular formula is C13H15NO3S. The van der Waals surface area contributed by atoms with Crippen LogP contribution in [0.15, 0.2) is 29.2 Å². The molecule has 0 saturated carbocycles. The SMILES string of the molecule is CC(CC1CSc2ccccc21)(C(N)=O)C(=O)O.